The molecule has 0 saturated carbocycles. The fraction of sp³-hybridized carbons (Fsp3) is 0.480. The minimum absolute atomic E-state index is 0.0121. The zero-order chi connectivity index (χ0) is 19.8. The molecule has 0 spiro atoms. The maximum absolute atomic E-state index is 12.6. The van der Waals surface area contributed by atoms with Crippen molar-refractivity contribution < 1.29 is 14.3 Å². The third-order valence-corrected chi connectivity index (χ3v) is 5.49. The van der Waals surface area contributed by atoms with Gasteiger partial charge >= 0.3 is 5.97 Å². The highest BCUT2D eigenvalue weighted by Crippen LogP contribution is 2.30. The van der Waals surface area contributed by atoms with Crippen molar-refractivity contribution in [3.05, 3.63) is 65.2 Å². The van der Waals surface area contributed by atoms with Crippen LogP contribution in [0.3, 0.4) is 0 Å². The molecule has 3 heteroatoms. The topological polar surface area (TPSA) is 35.5 Å². The largest absolute Gasteiger partial charge is 0.489 e. The van der Waals surface area contributed by atoms with Crippen molar-refractivity contribution in [2.45, 2.75) is 71.5 Å². The molecule has 1 aliphatic carbocycles. The minimum Gasteiger partial charge on any atom is -0.489 e. The van der Waals surface area contributed by atoms with Crippen LogP contribution < -0.4 is 4.74 Å². The van der Waals surface area contributed by atoms with Gasteiger partial charge in [-0.25, -0.2) is 0 Å². The van der Waals surface area contributed by atoms with E-state index in [2.05, 4.69) is 38.1 Å². The van der Waals surface area contributed by atoms with E-state index in [9.17, 15) is 4.79 Å². The summed E-state index contributed by atoms with van der Waals surface area (Å²) >= 11 is 0. The van der Waals surface area contributed by atoms with Gasteiger partial charge in [-0.15, -0.1) is 0 Å². The molecule has 3 nitrogen and oxygen atoms in total. The van der Waals surface area contributed by atoms with Crippen molar-refractivity contribution in [1.82, 2.24) is 0 Å². The number of carbonyl (C=O) groups excluding carboxylic acids is 1. The van der Waals surface area contributed by atoms with Crippen molar-refractivity contribution >= 4 is 5.97 Å². The third-order valence-electron chi connectivity index (χ3n) is 5.49. The van der Waals surface area contributed by atoms with Crippen molar-refractivity contribution in [2.24, 2.45) is 5.92 Å². The Morgan fingerprint density at radius 1 is 1.04 bits per heavy atom. The van der Waals surface area contributed by atoms with E-state index in [0.717, 1.165) is 56.3 Å². The molecular weight excluding hydrogens is 348 g/mol. The zero-order valence-electron chi connectivity index (χ0n) is 17.2. The molecule has 1 aliphatic rings. The molecule has 0 amide bonds. The highest BCUT2D eigenvalue weighted by atomic mass is 16.5. The summed E-state index contributed by atoms with van der Waals surface area (Å²) < 4.78 is 11.8. The molecule has 1 atom stereocenters. The molecule has 2 aromatic rings. The van der Waals surface area contributed by atoms with Crippen LogP contribution in [0.25, 0.3) is 0 Å². The van der Waals surface area contributed by atoms with Crippen molar-refractivity contribution in [2.75, 3.05) is 0 Å². The summed E-state index contributed by atoms with van der Waals surface area (Å²) in [6.07, 6.45) is 6.66. The van der Waals surface area contributed by atoms with Crippen LogP contribution in [0.2, 0.25) is 0 Å². The number of hydrogen-bond donors (Lipinski definition) is 0. The molecule has 0 bridgehead atoms. The summed E-state index contributed by atoms with van der Waals surface area (Å²) in [6, 6.07) is 16.5. The van der Waals surface area contributed by atoms with Gasteiger partial charge in [-0.2, -0.15) is 0 Å². The summed E-state index contributed by atoms with van der Waals surface area (Å²) in [4.78, 5) is 12.6. The van der Waals surface area contributed by atoms with E-state index in [1.54, 1.807) is 0 Å². The lowest BCUT2D eigenvalue weighted by Crippen LogP contribution is -2.28. The van der Waals surface area contributed by atoms with Gasteiger partial charge in [0.1, 0.15) is 18.5 Å². The number of fused-ring (bicyclic) bond motifs is 1. The lowest BCUT2D eigenvalue weighted by molar-refractivity contribution is -0.155. The van der Waals surface area contributed by atoms with Gasteiger partial charge < -0.3 is 9.47 Å². The Hall–Kier alpha value is -2.29. The Morgan fingerprint density at radius 2 is 1.79 bits per heavy atom. The highest BCUT2D eigenvalue weighted by Gasteiger charge is 2.27. The van der Waals surface area contributed by atoms with Gasteiger partial charge in [-0.1, -0.05) is 63.1 Å². The monoisotopic (exact) mass is 380 g/mol. The van der Waals surface area contributed by atoms with Crippen molar-refractivity contribution in [1.29, 1.82) is 0 Å². The lowest BCUT2D eigenvalue weighted by Gasteiger charge is -2.26. The predicted molar refractivity (Wildman–Crippen MR) is 112 cm³/mol. The second-order valence-electron chi connectivity index (χ2n) is 7.78. The number of esters is 1. The second-order valence-corrected chi connectivity index (χ2v) is 7.78. The molecule has 1 unspecified atom stereocenters. The molecule has 0 fully saturated rings. The maximum Gasteiger partial charge on any atom is 0.309 e. The molecule has 3 rings (SSSR count). The van der Waals surface area contributed by atoms with Gasteiger partial charge in [-0.3, -0.25) is 4.79 Å². The van der Waals surface area contributed by atoms with Crippen LogP contribution in [0.4, 0.5) is 0 Å². The number of carbonyl (C=O) groups is 1. The van der Waals surface area contributed by atoms with Crippen LogP contribution in [0.5, 0.6) is 5.75 Å². The molecule has 0 heterocycles. The van der Waals surface area contributed by atoms with Gasteiger partial charge in [0.15, 0.2) is 0 Å². The normalized spacial score (nSPS) is 15.9. The molecule has 0 saturated heterocycles. The maximum atomic E-state index is 12.6. The van der Waals surface area contributed by atoms with E-state index < -0.39 is 0 Å². The number of hydrogen-bond acceptors (Lipinski definition) is 3. The van der Waals surface area contributed by atoms with Gasteiger partial charge in [0.25, 0.3) is 0 Å². The van der Waals surface area contributed by atoms with E-state index in [1.165, 1.54) is 11.1 Å². The quantitative estimate of drug-likeness (QED) is 0.509. The molecular formula is C25H32O3. The number of aryl methyl sites for hydroxylation is 1. The third kappa shape index (κ3) is 5.60. The molecule has 28 heavy (non-hydrogen) atoms. The first kappa shape index (κ1) is 20.4. The molecule has 0 radical (unpaired) electrons. The van der Waals surface area contributed by atoms with Crippen LogP contribution in [0.1, 0.15) is 62.6 Å². The standard InChI is InChI=1S/C25H32O3/c1-3-8-23(9-4-2)28-25(26)22-13-12-21-17-24(15-14-20(21)16-22)27-18-19-10-6-5-7-11-19/h5-7,10-11,14-15,17,22-23H,3-4,8-9,12-13,16,18H2,1-2H3. The summed E-state index contributed by atoms with van der Waals surface area (Å²) in [5, 5.41) is 0. The zero-order valence-corrected chi connectivity index (χ0v) is 17.2. The van der Waals surface area contributed by atoms with Crippen LogP contribution in [-0.2, 0) is 29.0 Å². The number of ether oxygens (including phenoxy) is 2. The first-order valence-corrected chi connectivity index (χ1v) is 10.7. The Bertz CT molecular complexity index is 748. The summed E-state index contributed by atoms with van der Waals surface area (Å²) in [7, 11) is 0. The van der Waals surface area contributed by atoms with E-state index in [4.69, 9.17) is 9.47 Å². The van der Waals surface area contributed by atoms with Gasteiger partial charge in [0, 0.05) is 0 Å². The molecule has 150 valence electrons. The molecule has 0 N–H and O–H groups in total. The van der Waals surface area contributed by atoms with E-state index >= 15 is 0 Å². The van der Waals surface area contributed by atoms with Crippen molar-refractivity contribution in [3.63, 3.8) is 0 Å². The fourth-order valence-corrected chi connectivity index (χ4v) is 3.93. The van der Waals surface area contributed by atoms with Gasteiger partial charge in [-0.05, 0) is 60.9 Å². The van der Waals surface area contributed by atoms with Crippen LogP contribution >= 0.6 is 0 Å². The van der Waals surface area contributed by atoms with E-state index in [0.29, 0.717) is 6.61 Å². The van der Waals surface area contributed by atoms with Crippen LogP contribution in [-0.4, -0.2) is 12.1 Å². The van der Waals surface area contributed by atoms with Gasteiger partial charge in [0.2, 0.25) is 0 Å². The first-order valence-electron chi connectivity index (χ1n) is 10.7. The average molecular weight is 381 g/mol. The van der Waals surface area contributed by atoms with E-state index in [-0.39, 0.29) is 18.0 Å². The van der Waals surface area contributed by atoms with Crippen molar-refractivity contribution in [3.8, 4) is 5.75 Å². The Morgan fingerprint density at radius 3 is 2.50 bits per heavy atom. The predicted octanol–water partition coefficient (Wildman–Crippen LogP) is 5.88. The number of rotatable bonds is 9. The van der Waals surface area contributed by atoms with E-state index in [1.807, 2.05) is 24.3 Å². The highest BCUT2D eigenvalue weighted by molar-refractivity contribution is 5.73. The average Bonchev–Trinajstić information content (AvgIpc) is 2.73. The molecule has 2 aromatic carbocycles. The Labute approximate surface area is 169 Å². The molecule has 0 aliphatic heterocycles. The van der Waals surface area contributed by atoms with Gasteiger partial charge in [0.05, 0.1) is 5.92 Å². The van der Waals surface area contributed by atoms with Crippen LogP contribution in [0, 0.1) is 5.92 Å². The first-order chi connectivity index (χ1) is 13.7. The summed E-state index contributed by atoms with van der Waals surface area (Å²) in [5.41, 5.74) is 3.72. The second kappa shape index (κ2) is 10.3. The summed E-state index contributed by atoms with van der Waals surface area (Å²) in [5.74, 6) is 0.872. The van der Waals surface area contributed by atoms with Crippen LogP contribution in [0.15, 0.2) is 48.5 Å². The number of benzene rings is 2. The Kier molecular flexibility index (Phi) is 7.53. The lowest BCUT2D eigenvalue weighted by atomic mass is 9.84. The fourth-order valence-electron chi connectivity index (χ4n) is 3.93. The molecule has 0 aromatic heterocycles. The Balaban J connectivity index is 1.57. The smallest absolute Gasteiger partial charge is 0.309 e. The summed E-state index contributed by atoms with van der Waals surface area (Å²) in [6.45, 7) is 4.86. The SMILES string of the molecule is CCCC(CCC)OC(=O)C1CCc2cc(OCc3ccccc3)ccc2C1. The minimum atomic E-state index is -0.0141.